The van der Waals surface area contributed by atoms with E-state index in [1.807, 2.05) is 54.7 Å². The van der Waals surface area contributed by atoms with Crippen LogP contribution in [0.15, 0.2) is 126 Å². The Balaban J connectivity index is 0.000000260. The molecule has 0 N–H and O–H groups in total. The van der Waals surface area contributed by atoms with Crippen LogP contribution in [0, 0.1) is 0 Å². The van der Waals surface area contributed by atoms with E-state index in [-0.39, 0.29) is 12.0 Å². The predicted octanol–water partition coefficient (Wildman–Crippen LogP) is 7.99. The molecule has 0 aliphatic heterocycles. The average Bonchev–Trinajstić information content (AvgIpc) is 3.10. The first-order valence-corrected chi connectivity index (χ1v) is 14.2. The number of benzene rings is 4. The van der Waals surface area contributed by atoms with Crippen molar-refractivity contribution < 1.29 is 23.9 Å². The first kappa shape index (κ1) is 34.8. The number of rotatable bonds is 9. The number of nitrogens with zero attached hydrogens (tertiary/aromatic N) is 1. The van der Waals surface area contributed by atoms with Gasteiger partial charge in [-0.1, -0.05) is 116 Å². The topological polar surface area (TPSA) is 82.0 Å². The number of aldehydes is 1. The van der Waals surface area contributed by atoms with Crippen molar-refractivity contribution in [1.29, 1.82) is 0 Å². The highest BCUT2D eigenvalue weighted by Crippen LogP contribution is 2.17. The van der Waals surface area contributed by atoms with Crippen LogP contribution < -0.4 is 0 Å². The molecule has 0 aromatic heterocycles. The van der Waals surface area contributed by atoms with Crippen LogP contribution in [0.4, 0.5) is 0 Å². The van der Waals surface area contributed by atoms with Gasteiger partial charge >= 0.3 is 11.9 Å². The summed E-state index contributed by atoms with van der Waals surface area (Å²) in [5.74, 6) is -0.810. The monoisotopic (exact) mass is 589 g/mol. The maximum absolute atomic E-state index is 11.2. The van der Waals surface area contributed by atoms with Gasteiger partial charge in [0, 0.05) is 23.9 Å². The molecule has 44 heavy (non-hydrogen) atoms. The Morgan fingerprint density at radius 1 is 0.659 bits per heavy atom. The highest BCUT2D eigenvalue weighted by Gasteiger charge is 2.02. The number of esters is 2. The van der Waals surface area contributed by atoms with Crippen molar-refractivity contribution in [3.8, 4) is 0 Å². The van der Waals surface area contributed by atoms with Gasteiger partial charge in [-0.3, -0.25) is 9.79 Å². The number of hydrogen-bond acceptors (Lipinski definition) is 6. The number of methoxy groups -OCH3 is 2. The summed E-state index contributed by atoms with van der Waals surface area (Å²) < 4.78 is 9.04. The van der Waals surface area contributed by atoms with Crippen LogP contribution in [0.3, 0.4) is 0 Å². The molecular weight excluding hydrogens is 550 g/mol. The first-order chi connectivity index (χ1) is 21.4. The van der Waals surface area contributed by atoms with E-state index in [2.05, 4.69) is 64.7 Å². The lowest BCUT2D eigenvalue weighted by atomic mass is 10.1. The molecule has 0 aliphatic rings. The molecule has 0 aliphatic carbocycles. The van der Waals surface area contributed by atoms with E-state index in [0.29, 0.717) is 11.1 Å². The standard InChI is InChI=1S/C19H19NO2.C11H10O3.C8H10/c1-15(16-8-4-3-5-9-16)20-14-18-11-7-6-10-17(18)12-13-19(21)22-2;1-14-11(13)7-6-9-4-2-3-5-10(9)8-12;1-2-8-6-4-3-5-7-8/h3-15H,1-2H3;2-8H,1H3;3-7H,2H2,1H3/b13-12+,20-14?;7-6+;/t15-;;/m1../s1. The fourth-order valence-electron chi connectivity index (χ4n) is 3.73. The van der Waals surface area contributed by atoms with E-state index in [9.17, 15) is 14.4 Å². The summed E-state index contributed by atoms with van der Waals surface area (Å²) in [6.07, 6.45) is 9.71. The summed E-state index contributed by atoms with van der Waals surface area (Å²) in [5.41, 5.74) is 5.72. The molecule has 226 valence electrons. The molecule has 6 nitrogen and oxygen atoms in total. The summed E-state index contributed by atoms with van der Waals surface area (Å²) >= 11 is 0. The van der Waals surface area contributed by atoms with Crippen molar-refractivity contribution in [3.05, 3.63) is 155 Å². The zero-order chi connectivity index (χ0) is 32.0. The van der Waals surface area contributed by atoms with Crippen LogP contribution in [-0.4, -0.2) is 38.7 Å². The third-order valence-electron chi connectivity index (χ3n) is 6.29. The molecule has 0 saturated heterocycles. The second-order valence-electron chi connectivity index (χ2n) is 9.29. The minimum absolute atomic E-state index is 0.0823. The third kappa shape index (κ3) is 13.1. The fraction of sp³-hybridized carbons (Fsp3) is 0.158. The molecule has 4 aromatic carbocycles. The van der Waals surface area contributed by atoms with Crippen molar-refractivity contribution in [1.82, 2.24) is 0 Å². The van der Waals surface area contributed by atoms with Crippen LogP contribution in [0.25, 0.3) is 12.2 Å². The highest BCUT2D eigenvalue weighted by molar-refractivity contribution is 5.91. The molecule has 0 heterocycles. The number of ether oxygens (including phenoxy) is 2. The Hall–Kier alpha value is -5.36. The quantitative estimate of drug-likeness (QED) is 0.0855. The maximum Gasteiger partial charge on any atom is 0.330 e. The van der Waals surface area contributed by atoms with E-state index in [0.717, 1.165) is 23.8 Å². The summed E-state index contributed by atoms with van der Waals surface area (Å²) in [4.78, 5) is 37.2. The molecule has 6 heteroatoms. The molecule has 0 spiro atoms. The summed E-state index contributed by atoms with van der Waals surface area (Å²) in [6, 6.07) is 35.4. The van der Waals surface area contributed by atoms with Crippen LogP contribution in [0.1, 0.15) is 58.1 Å². The van der Waals surface area contributed by atoms with Gasteiger partial charge in [-0.2, -0.15) is 0 Å². The Bertz CT molecular complexity index is 1530. The molecule has 0 amide bonds. The predicted molar refractivity (Wildman–Crippen MR) is 179 cm³/mol. The Kier molecular flexibility index (Phi) is 16.2. The number of aliphatic imine (C=N–C) groups is 1. The zero-order valence-electron chi connectivity index (χ0n) is 25.6. The minimum Gasteiger partial charge on any atom is -0.466 e. The van der Waals surface area contributed by atoms with Crippen molar-refractivity contribution in [2.24, 2.45) is 4.99 Å². The van der Waals surface area contributed by atoms with Gasteiger partial charge in [0.15, 0.2) is 6.29 Å². The second-order valence-corrected chi connectivity index (χ2v) is 9.29. The van der Waals surface area contributed by atoms with Crippen LogP contribution in [0.2, 0.25) is 0 Å². The number of carbonyl (C=O) groups excluding carboxylic acids is 3. The number of hydrogen-bond donors (Lipinski definition) is 0. The van der Waals surface area contributed by atoms with Gasteiger partial charge in [-0.05, 0) is 53.3 Å². The van der Waals surface area contributed by atoms with Crippen LogP contribution in [0.5, 0.6) is 0 Å². The smallest absolute Gasteiger partial charge is 0.330 e. The third-order valence-corrected chi connectivity index (χ3v) is 6.29. The zero-order valence-corrected chi connectivity index (χ0v) is 25.6. The summed E-state index contributed by atoms with van der Waals surface area (Å²) in [5, 5.41) is 0. The molecule has 1 atom stereocenters. The molecule has 0 saturated carbocycles. The van der Waals surface area contributed by atoms with Crippen molar-refractivity contribution in [2.75, 3.05) is 14.2 Å². The molecule has 0 unspecified atom stereocenters. The summed E-state index contributed by atoms with van der Waals surface area (Å²) in [7, 11) is 2.67. The van der Waals surface area contributed by atoms with E-state index in [1.165, 1.54) is 37.5 Å². The van der Waals surface area contributed by atoms with E-state index in [4.69, 9.17) is 0 Å². The van der Waals surface area contributed by atoms with Gasteiger partial charge in [0.05, 0.1) is 20.3 Å². The van der Waals surface area contributed by atoms with Crippen molar-refractivity contribution in [2.45, 2.75) is 26.3 Å². The number of aryl methyl sites for hydroxylation is 1. The maximum atomic E-state index is 11.2. The van der Waals surface area contributed by atoms with Crippen molar-refractivity contribution in [3.63, 3.8) is 0 Å². The Morgan fingerprint density at radius 3 is 1.55 bits per heavy atom. The molecule has 0 radical (unpaired) electrons. The van der Waals surface area contributed by atoms with E-state index >= 15 is 0 Å². The molecule has 4 rings (SSSR count). The molecule has 0 fully saturated rings. The van der Waals surface area contributed by atoms with E-state index in [1.54, 1.807) is 36.4 Å². The Morgan fingerprint density at radius 2 is 1.09 bits per heavy atom. The fourth-order valence-corrected chi connectivity index (χ4v) is 3.73. The molecule has 4 aromatic rings. The second kappa shape index (κ2) is 20.5. The van der Waals surface area contributed by atoms with E-state index < -0.39 is 5.97 Å². The van der Waals surface area contributed by atoms with Crippen molar-refractivity contribution >= 4 is 36.6 Å². The van der Waals surface area contributed by atoms with Gasteiger partial charge in [0.2, 0.25) is 0 Å². The lowest BCUT2D eigenvalue weighted by Gasteiger charge is -2.06. The SMILES string of the molecule is CCc1ccccc1.COC(=O)/C=C/c1ccccc1C=N[C@H](C)c1ccccc1.COC(=O)/C=C/c1ccccc1C=O. The number of carbonyl (C=O) groups is 3. The van der Waals surface area contributed by atoms with Crippen LogP contribution >= 0.6 is 0 Å². The first-order valence-electron chi connectivity index (χ1n) is 14.2. The van der Waals surface area contributed by atoms with Gasteiger partial charge in [-0.15, -0.1) is 0 Å². The minimum atomic E-state index is -0.439. The summed E-state index contributed by atoms with van der Waals surface area (Å²) in [6.45, 7) is 4.22. The largest absolute Gasteiger partial charge is 0.466 e. The van der Waals surface area contributed by atoms with Gasteiger partial charge in [0.25, 0.3) is 0 Å². The molecule has 0 bridgehead atoms. The highest BCUT2D eigenvalue weighted by atomic mass is 16.5. The average molecular weight is 590 g/mol. The van der Waals surface area contributed by atoms with Gasteiger partial charge in [0.1, 0.15) is 0 Å². The normalized spacial score (nSPS) is 11.2. The van der Waals surface area contributed by atoms with Crippen LogP contribution in [-0.2, 0) is 25.5 Å². The Labute approximate surface area is 260 Å². The lowest BCUT2D eigenvalue weighted by molar-refractivity contribution is -0.135. The lowest BCUT2D eigenvalue weighted by Crippen LogP contribution is -1.95. The molecular formula is C38H39NO5. The van der Waals surface area contributed by atoms with Gasteiger partial charge in [-0.25, -0.2) is 9.59 Å². The van der Waals surface area contributed by atoms with Gasteiger partial charge < -0.3 is 9.47 Å².